The van der Waals surface area contributed by atoms with E-state index in [4.69, 9.17) is 69.6 Å². The van der Waals surface area contributed by atoms with E-state index in [-0.39, 0.29) is 24.4 Å². The van der Waals surface area contributed by atoms with Crippen LogP contribution in [0.25, 0.3) is 0 Å². The highest BCUT2D eigenvalue weighted by Crippen LogP contribution is 2.51. The van der Waals surface area contributed by atoms with Gasteiger partial charge in [0.05, 0.1) is 0 Å². The molecule has 4 aromatic rings. The van der Waals surface area contributed by atoms with E-state index in [0.717, 1.165) is 53.1 Å². The van der Waals surface area contributed by atoms with Crippen LogP contribution in [0.4, 0.5) is 0 Å². The first-order valence-electron chi connectivity index (χ1n) is 14.6. The first-order valence-corrected chi connectivity index (χ1v) is 16.9. The fraction of sp³-hybridized carbons (Fsp3) is 0.306. The van der Waals surface area contributed by atoms with E-state index < -0.39 is 0 Å². The second-order valence-electron chi connectivity index (χ2n) is 11.7. The van der Waals surface area contributed by atoms with Gasteiger partial charge in [-0.25, -0.2) is 0 Å². The number of carbonyl (C=O) groups is 1. The molecule has 2 fully saturated rings. The Morgan fingerprint density at radius 1 is 0.545 bits per heavy atom. The summed E-state index contributed by atoms with van der Waals surface area (Å²) in [7, 11) is 0. The van der Waals surface area contributed by atoms with Crippen LogP contribution in [0.15, 0.2) is 84.9 Å². The number of aliphatic hydroxyl groups is 1. The van der Waals surface area contributed by atoms with Crippen LogP contribution in [0, 0.1) is 11.8 Å². The van der Waals surface area contributed by atoms with Gasteiger partial charge in [0, 0.05) is 42.7 Å². The van der Waals surface area contributed by atoms with Gasteiger partial charge in [0.25, 0.3) is 0 Å². The smallest absolute Gasteiger partial charge is 0.123 e. The molecule has 2 aliphatic carbocycles. The Labute approximate surface area is 289 Å². The van der Waals surface area contributed by atoms with Crippen molar-refractivity contribution in [3.05, 3.63) is 137 Å². The standard InChI is InChI=1S/C18H17Cl3O.C18H15Cl3O/c2*19-13-3-1-12(2-4-13)16-7-11(10-22)8-17(16)15-6-5-14(20)9-18(15)21/h1-6,9,11,16-17,22H,7-8,10H2;1-6,9-11,16-17H,7-8H2/t2*11?,16-,17+/m11/s1. The largest absolute Gasteiger partial charge is 0.396 e. The first-order chi connectivity index (χ1) is 21.2. The summed E-state index contributed by atoms with van der Waals surface area (Å²) in [4.78, 5) is 11.3. The summed E-state index contributed by atoms with van der Waals surface area (Å²) in [6.07, 6.45) is 4.62. The van der Waals surface area contributed by atoms with Crippen LogP contribution in [-0.2, 0) is 4.79 Å². The summed E-state index contributed by atoms with van der Waals surface area (Å²) in [5.74, 6) is 1.50. The fourth-order valence-corrected chi connectivity index (χ4v) is 8.28. The Bertz CT molecular complexity index is 1570. The van der Waals surface area contributed by atoms with E-state index >= 15 is 0 Å². The van der Waals surface area contributed by atoms with Gasteiger partial charge in [0.2, 0.25) is 0 Å². The van der Waals surface area contributed by atoms with Crippen molar-refractivity contribution in [2.75, 3.05) is 6.61 Å². The van der Waals surface area contributed by atoms with Gasteiger partial charge in [-0.05, 0) is 126 Å². The van der Waals surface area contributed by atoms with Crippen molar-refractivity contribution in [3.8, 4) is 0 Å². The lowest BCUT2D eigenvalue weighted by molar-refractivity contribution is -0.110. The molecule has 2 aliphatic rings. The van der Waals surface area contributed by atoms with Crippen molar-refractivity contribution in [3.63, 3.8) is 0 Å². The molecule has 0 aliphatic heterocycles. The zero-order valence-corrected chi connectivity index (χ0v) is 28.3. The molecule has 8 heteroatoms. The molecule has 2 nitrogen and oxygen atoms in total. The molecule has 2 unspecified atom stereocenters. The van der Waals surface area contributed by atoms with Gasteiger partial charge >= 0.3 is 0 Å². The summed E-state index contributed by atoms with van der Waals surface area (Å²) in [5, 5.41) is 13.7. The predicted molar refractivity (Wildman–Crippen MR) is 185 cm³/mol. The Morgan fingerprint density at radius 3 is 1.36 bits per heavy atom. The van der Waals surface area contributed by atoms with Gasteiger partial charge in [-0.1, -0.05) is 106 Å². The number of hydrogen-bond donors (Lipinski definition) is 1. The van der Waals surface area contributed by atoms with Crippen LogP contribution in [0.1, 0.15) is 71.6 Å². The predicted octanol–water partition coefficient (Wildman–Crippen LogP) is 12.0. The van der Waals surface area contributed by atoms with Crippen molar-refractivity contribution in [1.82, 2.24) is 0 Å². The average Bonchev–Trinajstić information content (AvgIpc) is 3.63. The molecule has 0 aromatic heterocycles. The number of benzene rings is 4. The van der Waals surface area contributed by atoms with Crippen molar-refractivity contribution in [1.29, 1.82) is 0 Å². The molecule has 230 valence electrons. The molecular formula is C36H32Cl6O2. The zero-order valence-electron chi connectivity index (χ0n) is 23.8. The molecule has 1 N–H and O–H groups in total. The highest BCUT2D eigenvalue weighted by molar-refractivity contribution is 6.35. The Morgan fingerprint density at radius 2 is 0.932 bits per heavy atom. The molecule has 0 amide bonds. The summed E-state index contributed by atoms with van der Waals surface area (Å²) in [6.45, 7) is 0.214. The first kappa shape index (κ1) is 33.6. The minimum Gasteiger partial charge on any atom is -0.396 e. The van der Waals surface area contributed by atoms with Crippen LogP contribution in [0.2, 0.25) is 30.1 Å². The summed E-state index contributed by atoms with van der Waals surface area (Å²) in [5.41, 5.74) is 4.62. The Kier molecular flexibility index (Phi) is 11.6. The van der Waals surface area contributed by atoms with Gasteiger partial charge in [-0.3, -0.25) is 0 Å². The fourth-order valence-electron chi connectivity index (χ4n) is 6.93. The average molecular weight is 709 g/mol. The number of halogens is 6. The normalized spacial score (nSPS) is 24.5. The van der Waals surface area contributed by atoms with Crippen molar-refractivity contribution in [2.45, 2.75) is 49.4 Å². The third kappa shape index (κ3) is 7.96. The lowest BCUT2D eigenvalue weighted by Gasteiger charge is -2.21. The molecule has 0 spiro atoms. The second kappa shape index (κ2) is 15.2. The number of hydrogen-bond acceptors (Lipinski definition) is 2. The second-order valence-corrected chi connectivity index (χ2v) is 14.3. The van der Waals surface area contributed by atoms with Crippen LogP contribution in [-0.4, -0.2) is 18.0 Å². The van der Waals surface area contributed by atoms with E-state index in [1.54, 1.807) is 12.1 Å². The molecule has 0 heterocycles. The van der Waals surface area contributed by atoms with Crippen molar-refractivity contribution >= 4 is 75.9 Å². The molecule has 4 aromatic carbocycles. The van der Waals surface area contributed by atoms with E-state index in [1.165, 1.54) is 11.1 Å². The Balaban J connectivity index is 0.000000175. The molecule has 6 atom stereocenters. The minimum absolute atomic E-state index is 0.0671. The summed E-state index contributed by atoms with van der Waals surface area (Å²) >= 11 is 36.8. The molecular weight excluding hydrogens is 677 g/mol. The monoisotopic (exact) mass is 706 g/mol. The third-order valence-corrected chi connectivity index (χ3v) is 10.7. The van der Waals surface area contributed by atoms with Gasteiger partial charge < -0.3 is 9.90 Å². The van der Waals surface area contributed by atoms with E-state index in [9.17, 15) is 9.90 Å². The van der Waals surface area contributed by atoms with E-state index in [2.05, 4.69) is 12.1 Å². The number of aliphatic hydroxyl groups excluding tert-OH is 1. The lowest BCUT2D eigenvalue weighted by atomic mass is 9.84. The maximum Gasteiger partial charge on any atom is 0.123 e. The minimum atomic E-state index is 0.0671. The maximum absolute atomic E-state index is 11.3. The van der Waals surface area contributed by atoms with Gasteiger partial charge in [0.15, 0.2) is 0 Å². The van der Waals surface area contributed by atoms with Crippen LogP contribution in [0.3, 0.4) is 0 Å². The summed E-state index contributed by atoms with van der Waals surface area (Å²) in [6, 6.07) is 27.1. The molecule has 0 saturated heterocycles. The number of aldehydes is 1. The molecule has 6 rings (SSSR count). The highest BCUT2D eigenvalue weighted by Gasteiger charge is 2.38. The van der Waals surface area contributed by atoms with Gasteiger partial charge in [-0.2, -0.15) is 0 Å². The summed E-state index contributed by atoms with van der Waals surface area (Å²) < 4.78 is 0. The highest BCUT2D eigenvalue weighted by atomic mass is 35.5. The third-order valence-electron chi connectivity index (χ3n) is 9.03. The SMILES string of the molecule is O=CC1C[C@H](c2ccc(Cl)cc2)[C@H](c2ccc(Cl)cc2Cl)C1.OCC1C[C@H](c2ccc(Cl)cc2)[C@H](c2ccc(Cl)cc2Cl)C1. The van der Waals surface area contributed by atoms with Crippen LogP contribution in [0.5, 0.6) is 0 Å². The van der Waals surface area contributed by atoms with Crippen LogP contribution < -0.4 is 0 Å². The van der Waals surface area contributed by atoms with Gasteiger partial charge in [-0.15, -0.1) is 0 Å². The Hall–Kier alpha value is -1.75. The van der Waals surface area contributed by atoms with Gasteiger partial charge in [0.1, 0.15) is 6.29 Å². The molecule has 2 saturated carbocycles. The lowest BCUT2D eigenvalue weighted by Crippen LogP contribution is -2.05. The van der Waals surface area contributed by atoms with Crippen molar-refractivity contribution < 1.29 is 9.90 Å². The quantitative estimate of drug-likeness (QED) is 0.202. The zero-order chi connectivity index (χ0) is 31.4. The molecule has 0 radical (unpaired) electrons. The van der Waals surface area contributed by atoms with E-state index in [1.807, 2.05) is 60.7 Å². The van der Waals surface area contributed by atoms with Crippen molar-refractivity contribution in [2.24, 2.45) is 11.8 Å². The van der Waals surface area contributed by atoms with E-state index in [0.29, 0.717) is 37.8 Å². The molecule has 0 bridgehead atoms. The molecule has 44 heavy (non-hydrogen) atoms. The topological polar surface area (TPSA) is 37.3 Å². The van der Waals surface area contributed by atoms with Crippen LogP contribution >= 0.6 is 69.6 Å². The number of carbonyl (C=O) groups excluding carboxylic acids is 1. The maximum atomic E-state index is 11.3. The number of rotatable bonds is 6.